The van der Waals surface area contributed by atoms with Crippen LogP contribution in [-0.2, 0) is 10.0 Å². The topological polar surface area (TPSA) is 75.3 Å². The van der Waals surface area contributed by atoms with Gasteiger partial charge in [0.15, 0.2) is 0 Å². The Hall–Kier alpha value is -3.61. The summed E-state index contributed by atoms with van der Waals surface area (Å²) >= 11 is 6.07. The second kappa shape index (κ2) is 9.48. The molecule has 4 rings (SSSR count). The van der Waals surface area contributed by atoms with Gasteiger partial charge < -0.3 is 5.32 Å². The molecule has 0 heterocycles. The second-order valence-corrected chi connectivity index (χ2v) is 9.58. The van der Waals surface area contributed by atoms with Crippen LogP contribution < -0.4 is 10.0 Å². The van der Waals surface area contributed by atoms with Crippen molar-refractivity contribution in [2.24, 2.45) is 0 Å². The largest absolute Gasteiger partial charge is 0.322 e. The van der Waals surface area contributed by atoms with Gasteiger partial charge in [-0.15, -0.1) is 0 Å². The van der Waals surface area contributed by atoms with Gasteiger partial charge in [-0.05, 0) is 72.1 Å². The minimum absolute atomic E-state index is 0.0735. The van der Waals surface area contributed by atoms with Gasteiger partial charge in [0.25, 0.3) is 15.9 Å². The van der Waals surface area contributed by atoms with Crippen LogP contribution in [0.3, 0.4) is 0 Å². The zero-order valence-electron chi connectivity index (χ0n) is 17.7. The molecule has 0 radical (unpaired) electrons. The summed E-state index contributed by atoms with van der Waals surface area (Å²) in [6, 6.07) is 28.1. The number of halogens is 1. The van der Waals surface area contributed by atoms with E-state index >= 15 is 0 Å². The summed E-state index contributed by atoms with van der Waals surface area (Å²) in [6.45, 7) is 1.84. The molecule has 0 aromatic heterocycles. The van der Waals surface area contributed by atoms with E-state index in [1.54, 1.807) is 42.5 Å². The number of benzene rings is 4. The molecule has 7 heteroatoms. The van der Waals surface area contributed by atoms with E-state index in [0.29, 0.717) is 22.0 Å². The Balaban J connectivity index is 1.43. The van der Waals surface area contributed by atoms with E-state index in [-0.39, 0.29) is 10.8 Å². The molecule has 0 aliphatic heterocycles. The van der Waals surface area contributed by atoms with Crippen LogP contribution in [-0.4, -0.2) is 14.3 Å². The van der Waals surface area contributed by atoms with Crippen molar-refractivity contribution in [3.8, 4) is 11.1 Å². The second-order valence-electron chi connectivity index (χ2n) is 7.49. The molecule has 5 nitrogen and oxygen atoms in total. The Morgan fingerprint density at radius 3 is 2.00 bits per heavy atom. The molecular weight excluding hydrogens is 456 g/mol. The van der Waals surface area contributed by atoms with E-state index in [2.05, 4.69) is 10.0 Å². The van der Waals surface area contributed by atoms with Gasteiger partial charge in [-0.25, -0.2) is 8.42 Å². The number of hydrogen-bond donors (Lipinski definition) is 2. The Labute approximate surface area is 198 Å². The van der Waals surface area contributed by atoms with E-state index in [0.717, 1.165) is 16.7 Å². The Bertz CT molecular complexity index is 1390. The maximum Gasteiger partial charge on any atom is 0.261 e. The van der Waals surface area contributed by atoms with Crippen molar-refractivity contribution < 1.29 is 13.2 Å². The molecule has 4 aromatic rings. The summed E-state index contributed by atoms with van der Waals surface area (Å²) in [4.78, 5) is 12.7. The maximum absolute atomic E-state index is 12.7. The smallest absolute Gasteiger partial charge is 0.261 e. The number of nitrogens with one attached hydrogen (secondary N) is 2. The van der Waals surface area contributed by atoms with Crippen LogP contribution in [0.25, 0.3) is 11.1 Å². The number of hydrogen-bond acceptors (Lipinski definition) is 3. The van der Waals surface area contributed by atoms with Crippen LogP contribution in [0, 0.1) is 6.92 Å². The molecule has 0 spiro atoms. The summed E-state index contributed by atoms with van der Waals surface area (Å²) in [5.74, 6) is -0.280. The highest BCUT2D eigenvalue weighted by atomic mass is 35.5. The number of anilines is 2. The molecule has 0 saturated heterocycles. The first kappa shape index (κ1) is 22.6. The van der Waals surface area contributed by atoms with E-state index in [9.17, 15) is 13.2 Å². The van der Waals surface area contributed by atoms with Crippen molar-refractivity contribution >= 4 is 38.9 Å². The number of aryl methyl sites for hydroxylation is 1. The minimum atomic E-state index is -3.79. The lowest BCUT2D eigenvalue weighted by atomic mass is 10.0. The maximum atomic E-state index is 12.7. The summed E-state index contributed by atoms with van der Waals surface area (Å²) in [6.07, 6.45) is 0. The third-order valence-electron chi connectivity index (χ3n) is 5.10. The van der Waals surface area contributed by atoms with Gasteiger partial charge in [-0.3, -0.25) is 9.52 Å². The molecular formula is C26H21ClN2O3S. The van der Waals surface area contributed by atoms with Crippen molar-refractivity contribution in [3.05, 3.63) is 113 Å². The molecule has 0 unspecified atom stereocenters. The van der Waals surface area contributed by atoms with E-state index in [1.807, 2.05) is 49.4 Å². The van der Waals surface area contributed by atoms with E-state index in [1.165, 1.54) is 12.1 Å². The lowest BCUT2D eigenvalue weighted by molar-refractivity contribution is 0.102. The van der Waals surface area contributed by atoms with Crippen molar-refractivity contribution in [1.29, 1.82) is 0 Å². The highest BCUT2D eigenvalue weighted by Gasteiger charge is 2.15. The lowest BCUT2D eigenvalue weighted by Crippen LogP contribution is -2.14. The van der Waals surface area contributed by atoms with Crippen LogP contribution in [0.2, 0.25) is 5.02 Å². The molecule has 33 heavy (non-hydrogen) atoms. The molecule has 4 aromatic carbocycles. The van der Waals surface area contributed by atoms with Crippen molar-refractivity contribution in [2.45, 2.75) is 11.8 Å². The lowest BCUT2D eigenvalue weighted by Gasteiger charge is -2.11. The molecule has 0 atom stereocenters. The predicted octanol–water partition coefficient (Wildman–Crippen LogP) is 6.37. The summed E-state index contributed by atoms with van der Waals surface area (Å²) in [5, 5.41) is 3.26. The fourth-order valence-electron chi connectivity index (χ4n) is 3.24. The molecule has 2 N–H and O–H groups in total. The molecule has 0 aliphatic carbocycles. The van der Waals surface area contributed by atoms with E-state index in [4.69, 9.17) is 11.6 Å². The summed E-state index contributed by atoms with van der Waals surface area (Å²) in [7, 11) is -3.79. The zero-order valence-corrected chi connectivity index (χ0v) is 19.3. The van der Waals surface area contributed by atoms with Gasteiger partial charge in [-0.1, -0.05) is 60.1 Å². The van der Waals surface area contributed by atoms with Gasteiger partial charge in [0.1, 0.15) is 0 Å². The molecule has 0 aliphatic rings. The van der Waals surface area contributed by atoms with Gasteiger partial charge in [0.05, 0.1) is 10.6 Å². The van der Waals surface area contributed by atoms with Gasteiger partial charge in [0, 0.05) is 16.3 Å². The van der Waals surface area contributed by atoms with Gasteiger partial charge in [0.2, 0.25) is 0 Å². The van der Waals surface area contributed by atoms with Crippen LogP contribution in [0.4, 0.5) is 11.4 Å². The van der Waals surface area contributed by atoms with Gasteiger partial charge >= 0.3 is 0 Å². The highest BCUT2D eigenvalue weighted by molar-refractivity contribution is 7.92. The number of carbonyl (C=O) groups excluding carboxylic acids is 1. The number of carbonyl (C=O) groups is 1. The fourth-order valence-corrected chi connectivity index (χ4v) is 4.47. The van der Waals surface area contributed by atoms with Gasteiger partial charge in [-0.2, -0.15) is 0 Å². The normalized spacial score (nSPS) is 11.1. The van der Waals surface area contributed by atoms with Crippen LogP contribution in [0.15, 0.2) is 102 Å². The van der Waals surface area contributed by atoms with Crippen molar-refractivity contribution in [3.63, 3.8) is 0 Å². The van der Waals surface area contributed by atoms with Crippen molar-refractivity contribution in [1.82, 2.24) is 0 Å². The Morgan fingerprint density at radius 1 is 0.758 bits per heavy atom. The zero-order chi connectivity index (χ0) is 23.4. The Morgan fingerprint density at radius 2 is 1.36 bits per heavy atom. The quantitative estimate of drug-likeness (QED) is 0.339. The standard InChI is InChI=1S/C26H21ClN2O3S/c1-18-7-12-23(17-25(18)27)29-33(31,32)24-15-13-22(14-16-24)28-26(30)21-10-8-20(9-11-21)19-5-3-2-4-6-19/h2-17,29H,1H3,(H,28,30). The average Bonchev–Trinajstić information content (AvgIpc) is 2.82. The Kier molecular flexibility index (Phi) is 6.49. The SMILES string of the molecule is Cc1ccc(NS(=O)(=O)c2ccc(NC(=O)c3ccc(-c4ccccc4)cc3)cc2)cc1Cl. The average molecular weight is 477 g/mol. The number of amides is 1. The first-order chi connectivity index (χ1) is 15.8. The highest BCUT2D eigenvalue weighted by Crippen LogP contribution is 2.24. The summed E-state index contributed by atoms with van der Waals surface area (Å²) < 4.78 is 27.8. The van der Waals surface area contributed by atoms with E-state index < -0.39 is 10.0 Å². The number of sulfonamides is 1. The van der Waals surface area contributed by atoms with Crippen molar-refractivity contribution in [2.75, 3.05) is 10.0 Å². The van der Waals surface area contributed by atoms with Crippen LogP contribution in [0.1, 0.15) is 15.9 Å². The first-order valence-electron chi connectivity index (χ1n) is 10.2. The number of rotatable bonds is 6. The first-order valence-corrected chi connectivity index (χ1v) is 12.0. The predicted molar refractivity (Wildman–Crippen MR) is 133 cm³/mol. The fraction of sp³-hybridized carbons (Fsp3) is 0.0385. The molecule has 166 valence electrons. The van der Waals surface area contributed by atoms with Crippen LogP contribution in [0.5, 0.6) is 0 Å². The molecule has 0 bridgehead atoms. The monoisotopic (exact) mass is 476 g/mol. The molecule has 1 amide bonds. The molecule has 0 saturated carbocycles. The third kappa shape index (κ3) is 5.42. The summed E-state index contributed by atoms with van der Waals surface area (Å²) in [5.41, 5.74) is 4.32. The van der Waals surface area contributed by atoms with Crippen LogP contribution >= 0.6 is 11.6 Å². The minimum Gasteiger partial charge on any atom is -0.322 e. The molecule has 0 fully saturated rings. The third-order valence-corrected chi connectivity index (χ3v) is 6.91.